The normalized spacial score (nSPS) is 11.5. The van der Waals surface area contributed by atoms with Crippen LogP contribution in [0.25, 0.3) is 11.1 Å². The van der Waals surface area contributed by atoms with Crippen LogP contribution in [0.15, 0.2) is 45.7 Å². The van der Waals surface area contributed by atoms with Gasteiger partial charge in [0.25, 0.3) is 0 Å². The van der Waals surface area contributed by atoms with Crippen LogP contribution in [-0.2, 0) is 15.8 Å². The van der Waals surface area contributed by atoms with Crippen molar-refractivity contribution < 1.29 is 27.5 Å². The number of oxazole rings is 1. The first kappa shape index (κ1) is 23.3. The largest absolute Gasteiger partial charge is 0.696 e. The molecule has 0 aliphatic heterocycles. The van der Waals surface area contributed by atoms with Crippen LogP contribution in [-0.4, -0.2) is 26.5 Å². The van der Waals surface area contributed by atoms with Gasteiger partial charge in [0.05, 0.1) is 12.6 Å². The smallest absolute Gasteiger partial charge is 0.494 e. The molecule has 1 atom stereocenters. The van der Waals surface area contributed by atoms with Crippen molar-refractivity contribution in [3.05, 3.63) is 64.0 Å². The van der Waals surface area contributed by atoms with Gasteiger partial charge in [-0.2, -0.15) is 4.98 Å². The molecule has 0 bridgehead atoms. The van der Waals surface area contributed by atoms with E-state index in [9.17, 15) is 13.8 Å². The van der Waals surface area contributed by atoms with E-state index < -0.39 is 26.6 Å². The number of rotatable bonds is 8. The van der Waals surface area contributed by atoms with Crippen molar-refractivity contribution in [1.29, 1.82) is 0 Å². The number of aromatic nitrogens is 3. The van der Waals surface area contributed by atoms with Gasteiger partial charge in [-0.05, 0) is 43.7 Å². The summed E-state index contributed by atoms with van der Waals surface area (Å²) < 4.78 is 40.8. The summed E-state index contributed by atoms with van der Waals surface area (Å²) in [7, 11) is -1.49. The number of nitrogens with one attached hydrogen (secondary N) is 2. The molecule has 11 nitrogen and oxygen atoms in total. The van der Waals surface area contributed by atoms with Gasteiger partial charge in [-0.25, -0.2) is 18.7 Å². The highest BCUT2D eigenvalue weighted by Gasteiger charge is 2.17. The molecule has 0 aliphatic rings. The maximum Gasteiger partial charge on any atom is 0.696 e. The van der Waals surface area contributed by atoms with Crippen LogP contribution in [0.2, 0.25) is 0 Å². The molecule has 2 aromatic heterocycles. The molecule has 0 amide bonds. The van der Waals surface area contributed by atoms with E-state index in [0.717, 1.165) is 10.1 Å². The molecule has 1 unspecified atom stereocenters. The average Bonchev–Trinajstić information content (AvgIpc) is 3.11. The summed E-state index contributed by atoms with van der Waals surface area (Å²) in [5, 5.41) is 6.19. The number of ether oxygens (including phenoxy) is 1. The number of aryl methyl sites for hydroxylation is 2. The van der Waals surface area contributed by atoms with Gasteiger partial charge in [-0.15, -0.1) is 4.89 Å². The SMILES string of the molecule is COc1cc(Nc2ncc(C)c(Nc3ccc4oc(=O)n(CO[P+](=O)O)c4c3)n2)cc(C)c1F. The highest BCUT2D eigenvalue weighted by atomic mass is 31.1. The van der Waals surface area contributed by atoms with Crippen LogP contribution >= 0.6 is 8.25 Å². The van der Waals surface area contributed by atoms with Crippen molar-refractivity contribution >= 4 is 42.5 Å². The maximum atomic E-state index is 14.1. The number of methoxy groups -OCH3 is 1. The zero-order chi connectivity index (χ0) is 24.4. The van der Waals surface area contributed by atoms with E-state index in [1.165, 1.54) is 13.2 Å². The maximum absolute atomic E-state index is 14.1. The Morgan fingerprint density at radius 3 is 2.71 bits per heavy atom. The lowest BCUT2D eigenvalue weighted by Gasteiger charge is -2.13. The van der Waals surface area contributed by atoms with Crippen molar-refractivity contribution in [1.82, 2.24) is 14.5 Å². The summed E-state index contributed by atoms with van der Waals surface area (Å²) in [4.78, 5) is 29.7. The van der Waals surface area contributed by atoms with E-state index in [4.69, 9.17) is 14.0 Å². The summed E-state index contributed by atoms with van der Waals surface area (Å²) in [6.45, 7) is 3.00. The zero-order valence-corrected chi connectivity index (χ0v) is 19.2. The molecular weight excluding hydrogens is 468 g/mol. The molecule has 4 rings (SSSR count). The van der Waals surface area contributed by atoms with E-state index in [2.05, 4.69) is 25.1 Å². The number of nitrogens with zero attached hydrogens (tertiary/aromatic N) is 3. The van der Waals surface area contributed by atoms with Crippen molar-refractivity contribution in [3.63, 3.8) is 0 Å². The second-order valence-electron chi connectivity index (χ2n) is 7.26. The number of anilines is 4. The molecule has 0 radical (unpaired) electrons. The highest BCUT2D eigenvalue weighted by molar-refractivity contribution is 7.32. The molecular formula is C21H20FN5O6P+. The van der Waals surface area contributed by atoms with Crippen LogP contribution < -0.4 is 21.1 Å². The molecule has 176 valence electrons. The van der Waals surface area contributed by atoms with Crippen LogP contribution in [0.3, 0.4) is 0 Å². The van der Waals surface area contributed by atoms with Gasteiger partial charge in [0.1, 0.15) is 5.82 Å². The summed E-state index contributed by atoms with van der Waals surface area (Å²) in [6.07, 6.45) is 1.61. The van der Waals surface area contributed by atoms with Gasteiger partial charge in [0.2, 0.25) is 5.95 Å². The number of halogens is 1. The summed E-state index contributed by atoms with van der Waals surface area (Å²) >= 11 is 0. The fourth-order valence-electron chi connectivity index (χ4n) is 3.22. The van der Waals surface area contributed by atoms with Crippen molar-refractivity contribution in [2.45, 2.75) is 20.6 Å². The Hall–Kier alpha value is -3.86. The van der Waals surface area contributed by atoms with Gasteiger partial charge in [0, 0.05) is 33.8 Å². The predicted octanol–water partition coefficient (Wildman–Crippen LogP) is 4.26. The lowest BCUT2D eigenvalue weighted by atomic mass is 10.2. The topological polar surface area (TPSA) is 141 Å². The Kier molecular flexibility index (Phi) is 6.55. The molecule has 0 saturated heterocycles. The molecule has 2 heterocycles. The van der Waals surface area contributed by atoms with Gasteiger partial charge in [0.15, 0.2) is 23.9 Å². The Morgan fingerprint density at radius 2 is 1.97 bits per heavy atom. The van der Waals surface area contributed by atoms with Gasteiger partial charge in [-0.1, -0.05) is 4.52 Å². The minimum atomic E-state index is -2.88. The Labute approximate surface area is 193 Å². The number of hydrogen-bond acceptors (Lipinski definition) is 9. The first-order valence-electron chi connectivity index (χ1n) is 9.89. The quantitative estimate of drug-likeness (QED) is 0.308. The minimum absolute atomic E-state index is 0.0992. The van der Waals surface area contributed by atoms with Crippen molar-refractivity contribution in [3.8, 4) is 5.75 Å². The van der Waals surface area contributed by atoms with Crippen LogP contribution in [0.4, 0.5) is 27.5 Å². The molecule has 0 fully saturated rings. The van der Waals surface area contributed by atoms with E-state index >= 15 is 0 Å². The average molecular weight is 488 g/mol. The Balaban J connectivity index is 1.61. The summed E-state index contributed by atoms with van der Waals surface area (Å²) in [5.41, 5.74) is 2.92. The van der Waals surface area contributed by atoms with Crippen LogP contribution in [0.5, 0.6) is 5.75 Å². The van der Waals surface area contributed by atoms with E-state index in [1.807, 2.05) is 6.92 Å². The van der Waals surface area contributed by atoms with E-state index in [-0.39, 0.29) is 17.3 Å². The third-order valence-corrected chi connectivity index (χ3v) is 5.23. The zero-order valence-electron chi connectivity index (χ0n) is 18.3. The highest BCUT2D eigenvalue weighted by Crippen LogP contribution is 2.28. The Bertz CT molecular complexity index is 1450. The summed E-state index contributed by atoms with van der Waals surface area (Å²) in [5.74, 6) is -0.317. The summed E-state index contributed by atoms with van der Waals surface area (Å²) in [6, 6.07) is 8.01. The van der Waals surface area contributed by atoms with Crippen LogP contribution in [0, 0.1) is 19.7 Å². The monoisotopic (exact) mass is 488 g/mol. The van der Waals surface area contributed by atoms with Crippen molar-refractivity contribution in [2.75, 3.05) is 17.7 Å². The van der Waals surface area contributed by atoms with Crippen LogP contribution in [0.1, 0.15) is 11.1 Å². The molecule has 2 aromatic carbocycles. The molecule has 0 spiro atoms. The fraction of sp³-hybridized carbons (Fsp3) is 0.190. The van der Waals surface area contributed by atoms with E-state index in [1.54, 1.807) is 37.4 Å². The number of fused-ring (bicyclic) bond motifs is 1. The molecule has 4 aromatic rings. The molecule has 0 saturated carbocycles. The number of benzene rings is 2. The van der Waals surface area contributed by atoms with Gasteiger partial charge in [-0.3, -0.25) is 0 Å². The second-order valence-corrected chi connectivity index (χ2v) is 7.99. The van der Waals surface area contributed by atoms with Gasteiger partial charge >= 0.3 is 14.0 Å². The third-order valence-electron chi connectivity index (χ3n) is 4.90. The second kappa shape index (κ2) is 9.56. The molecule has 13 heteroatoms. The van der Waals surface area contributed by atoms with Crippen molar-refractivity contribution in [2.24, 2.45) is 0 Å². The molecule has 0 aliphatic carbocycles. The predicted molar refractivity (Wildman–Crippen MR) is 122 cm³/mol. The first-order valence-corrected chi connectivity index (χ1v) is 11.0. The molecule has 34 heavy (non-hydrogen) atoms. The first-order chi connectivity index (χ1) is 16.2. The van der Waals surface area contributed by atoms with Gasteiger partial charge < -0.3 is 19.8 Å². The fourth-order valence-corrected chi connectivity index (χ4v) is 3.44. The molecule has 3 N–H and O–H groups in total. The lowest BCUT2D eigenvalue weighted by Crippen LogP contribution is -2.14. The minimum Gasteiger partial charge on any atom is -0.494 e. The third kappa shape index (κ3) is 4.88. The number of hydrogen-bond donors (Lipinski definition) is 3. The lowest BCUT2D eigenvalue weighted by molar-refractivity contribution is 0.213. The Morgan fingerprint density at radius 1 is 1.18 bits per heavy atom. The van der Waals surface area contributed by atoms with E-state index in [0.29, 0.717) is 28.3 Å². The standard InChI is InChI=1S/C21H19FN5O6P/c1-11-6-14(8-17(31-3)18(11)22)25-20-23-9-12(2)19(26-20)24-13-4-5-16-15(7-13)27(21(28)33-16)10-32-34(29)30/h4-9H,10H2,1-3H3,(H2-,23,24,25,26,29,30)/p+1.